The molecule has 5 fully saturated rings. The molecule has 0 aromatic heterocycles. The smallest absolute Gasteiger partial charge is 0.335 e. The number of ketones is 1. The van der Waals surface area contributed by atoms with Crippen molar-refractivity contribution in [1.29, 1.82) is 0 Å². The molecule has 3 amide bonds. The van der Waals surface area contributed by atoms with Gasteiger partial charge >= 0.3 is 5.97 Å². The molecule has 7 N–H and O–H groups in total. The Labute approximate surface area is 380 Å². The molecule has 2 aliphatic carbocycles. The van der Waals surface area contributed by atoms with Gasteiger partial charge in [0.1, 0.15) is 42.3 Å². The molecule has 3 aliphatic heterocycles. The SMILES string of the molecule is C#CC(=O)NCCOCCOCCC(=O)NCCCC(=O)C1CC(CC)[C@@H](O[C@@H]2OC(C)[C@@H](O)[C@H](O)C2O)[C@H](O[C@@H]2O[C@@H](CO)[C@@H]3OC(=O)[C@@H](CC4CCCCC4)OC3C2NC(C)=O)C1. The van der Waals surface area contributed by atoms with Crippen LogP contribution in [-0.2, 0) is 61.9 Å². The maximum atomic E-state index is 13.9. The van der Waals surface area contributed by atoms with E-state index < -0.39 is 110 Å². The normalized spacial score (nSPS) is 35.2. The number of amides is 3. The fraction of sp³-hybridized carbons (Fsp3) is 0.844. The van der Waals surface area contributed by atoms with Crippen molar-refractivity contribution in [2.45, 2.75) is 177 Å². The fourth-order valence-corrected chi connectivity index (χ4v) is 9.51. The van der Waals surface area contributed by atoms with Crippen LogP contribution >= 0.6 is 0 Å². The van der Waals surface area contributed by atoms with E-state index in [0.717, 1.165) is 32.1 Å². The number of rotatable bonds is 23. The number of carbonyl (C=O) groups is 5. The van der Waals surface area contributed by atoms with Crippen LogP contribution in [0.4, 0.5) is 0 Å². The van der Waals surface area contributed by atoms with Crippen molar-refractivity contribution in [3.8, 4) is 12.3 Å². The van der Waals surface area contributed by atoms with Crippen molar-refractivity contribution in [3.05, 3.63) is 0 Å². The third kappa shape index (κ3) is 15.1. The van der Waals surface area contributed by atoms with Crippen molar-refractivity contribution in [2.75, 3.05) is 46.1 Å². The second kappa shape index (κ2) is 26.3. The Balaban J connectivity index is 1.24. The van der Waals surface area contributed by atoms with Crippen molar-refractivity contribution < 1.29 is 82.3 Å². The van der Waals surface area contributed by atoms with E-state index in [0.29, 0.717) is 25.7 Å². The monoisotopic (exact) mass is 925 g/mol. The lowest BCUT2D eigenvalue weighted by Crippen LogP contribution is -2.70. The van der Waals surface area contributed by atoms with Gasteiger partial charge in [0.05, 0.1) is 51.3 Å². The van der Waals surface area contributed by atoms with E-state index in [1.807, 2.05) is 12.8 Å². The first-order valence-corrected chi connectivity index (χ1v) is 23.3. The lowest BCUT2D eigenvalue weighted by Gasteiger charge is -2.51. The number of carbonyl (C=O) groups excluding carboxylic acids is 5. The first-order valence-electron chi connectivity index (χ1n) is 23.3. The molecule has 368 valence electrons. The number of nitrogens with one attached hydrogen (secondary N) is 3. The van der Waals surface area contributed by atoms with Gasteiger partial charge in [-0.2, -0.15) is 0 Å². The van der Waals surface area contributed by atoms with Gasteiger partial charge in [0.2, 0.25) is 11.8 Å². The Hall–Kier alpha value is -3.33. The summed E-state index contributed by atoms with van der Waals surface area (Å²) in [6.45, 7) is 5.70. The topological polar surface area (TPSA) is 276 Å². The highest BCUT2D eigenvalue weighted by Crippen LogP contribution is 2.41. The van der Waals surface area contributed by atoms with Crippen molar-refractivity contribution in [3.63, 3.8) is 0 Å². The fourth-order valence-electron chi connectivity index (χ4n) is 9.51. The van der Waals surface area contributed by atoms with Gasteiger partial charge in [-0.25, -0.2) is 4.79 Å². The molecule has 6 unspecified atom stereocenters. The minimum Gasteiger partial charge on any atom is -0.455 e. The summed E-state index contributed by atoms with van der Waals surface area (Å²) in [4.78, 5) is 63.5. The van der Waals surface area contributed by atoms with E-state index in [-0.39, 0.29) is 82.3 Å². The third-order valence-corrected chi connectivity index (χ3v) is 13.1. The first-order chi connectivity index (χ1) is 31.2. The van der Waals surface area contributed by atoms with E-state index in [9.17, 15) is 44.4 Å². The highest BCUT2D eigenvalue weighted by Gasteiger charge is 2.56. The van der Waals surface area contributed by atoms with Gasteiger partial charge in [0.15, 0.2) is 24.8 Å². The molecular formula is C45H71N3O17. The lowest BCUT2D eigenvalue weighted by atomic mass is 9.74. The molecular weight excluding hydrogens is 854 g/mol. The number of fused-ring (bicyclic) bond motifs is 1. The van der Waals surface area contributed by atoms with Gasteiger partial charge < -0.3 is 74.3 Å². The molecule has 20 nitrogen and oxygen atoms in total. The van der Waals surface area contributed by atoms with Crippen LogP contribution in [0.15, 0.2) is 0 Å². The molecule has 65 heavy (non-hydrogen) atoms. The Kier molecular flexibility index (Phi) is 21.3. The average molecular weight is 926 g/mol. The standard InChI is InChI=1S/C45H71N3O17/c1-5-28-22-29(30(51)13-10-15-46-35(53)14-17-58-19-20-59-18-16-47-34(52)6-2)23-31(40(28)65-45-39(56)38(55)37(54)25(3)60-45)62-44-36(48-26(4)50)42-41(33(24-49)63-44)64-43(57)32(61-42)21-27-11-8-7-9-12-27/h2,25,27-29,31-33,36-42,44-45,49,54-56H,5,7-24H2,1,3-4H3,(H,46,53)(H,47,52)(H,48,50)/t25?,28?,29?,31-,32-,33+,36?,37-,38+,39?,40-,41+,42?,44-,45+/m1/s1. The quantitative estimate of drug-likeness (QED) is 0.0388. The van der Waals surface area contributed by atoms with Crippen molar-refractivity contribution in [2.24, 2.45) is 17.8 Å². The second-order valence-corrected chi connectivity index (χ2v) is 17.8. The Morgan fingerprint density at radius 1 is 0.846 bits per heavy atom. The zero-order valence-corrected chi connectivity index (χ0v) is 37.8. The van der Waals surface area contributed by atoms with Crippen LogP contribution in [0.5, 0.6) is 0 Å². The van der Waals surface area contributed by atoms with Gasteiger partial charge in [0, 0.05) is 38.8 Å². The second-order valence-electron chi connectivity index (χ2n) is 17.8. The summed E-state index contributed by atoms with van der Waals surface area (Å²) >= 11 is 0. The summed E-state index contributed by atoms with van der Waals surface area (Å²) in [5.74, 6) is -0.520. The Morgan fingerprint density at radius 3 is 2.28 bits per heavy atom. The van der Waals surface area contributed by atoms with Crippen LogP contribution in [0.25, 0.3) is 0 Å². The first kappa shape index (κ1) is 52.6. The molecule has 0 radical (unpaired) electrons. The van der Waals surface area contributed by atoms with Crippen LogP contribution in [0.2, 0.25) is 0 Å². The largest absolute Gasteiger partial charge is 0.455 e. The van der Waals surface area contributed by atoms with Crippen LogP contribution in [0.3, 0.4) is 0 Å². The van der Waals surface area contributed by atoms with Gasteiger partial charge in [-0.3, -0.25) is 19.2 Å². The van der Waals surface area contributed by atoms with Gasteiger partial charge in [0.25, 0.3) is 5.91 Å². The minimum atomic E-state index is -1.62. The number of esters is 1. The summed E-state index contributed by atoms with van der Waals surface area (Å²) < 4.78 is 48.5. The van der Waals surface area contributed by atoms with Gasteiger partial charge in [-0.05, 0) is 50.4 Å². The van der Waals surface area contributed by atoms with E-state index in [2.05, 4.69) is 16.0 Å². The molecule has 2 saturated carbocycles. The minimum absolute atomic E-state index is 0.0718. The number of Topliss-reactive ketones (excluding diaryl/α,β-unsaturated/α-hetero) is 1. The molecule has 3 saturated heterocycles. The van der Waals surface area contributed by atoms with Crippen molar-refractivity contribution in [1.82, 2.24) is 16.0 Å². The molecule has 0 spiro atoms. The van der Waals surface area contributed by atoms with E-state index in [4.69, 9.17) is 44.3 Å². The number of terminal acetylenes is 1. The van der Waals surface area contributed by atoms with Crippen LogP contribution in [-0.4, -0.2) is 176 Å². The average Bonchev–Trinajstić information content (AvgIpc) is 3.29. The summed E-state index contributed by atoms with van der Waals surface area (Å²) in [6, 6.07) is -1.03. The van der Waals surface area contributed by atoms with Gasteiger partial charge in [-0.15, -0.1) is 6.42 Å². The summed E-state index contributed by atoms with van der Waals surface area (Å²) in [6.07, 6.45) is -1.74. The number of hydrogen-bond acceptors (Lipinski definition) is 17. The van der Waals surface area contributed by atoms with E-state index >= 15 is 0 Å². The predicted molar refractivity (Wildman–Crippen MR) is 227 cm³/mol. The van der Waals surface area contributed by atoms with E-state index in [1.165, 1.54) is 6.92 Å². The molecule has 20 heteroatoms. The highest BCUT2D eigenvalue weighted by molar-refractivity contribution is 5.92. The molecule has 5 aliphatic rings. The number of ether oxygens (including phenoxy) is 8. The van der Waals surface area contributed by atoms with Crippen LogP contribution in [0.1, 0.15) is 97.8 Å². The predicted octanol–water partition coefficient (Wildman–Crippen LogP) is -0.470. The van der Waals surface area contributed by atoms with Crippen LogP contribution in [0, 0.1) is 30.1 Å². The molecule has 3 heterocycles. The van der Waals surface area contributed by atoms with Crippen molar-refractivity contribution >= 4 is 29.5 Å². The Morgan fingerprint density at radius 2 is 1.58 bits per heavy atom. The number of aliphatic hydroxyl groups excluding tert-OH is 4. The number of aliphatic hydroxyl groups is 4. The maximum Gasteiger partial charge on any atom is 0.335 e. The maximum absolute atomic E-state index is 13.9. The zero-order chi connectivity index (χ0) is 47.0. The van der Waals surface area contributed by atoms with Crippen LogP contribution < -0.4 is 16.0 Å². The summed E-state index contributed by atoms with van der Waals surface area (Å²) in [7, 11) is 0. The number of hydrogen-bond donors (Lipinski definition) is 7. The molecule has 0 aromatic carbocycles. The van der Waals surface area contributed by atoms with Gasteiger partial charge in [-0.1, -0.05) is 45.4 Å². The third-order valence-electron chi connectivity index (χ3n) is 13.1. The summed E-state index contributed by atoms with van der Waals surface area (Å²) in [5.41, 5.74) is 0. The molecule has 15 atom stereocenters. The molecule has 5 rings (SSSR count). The summed E-state index contributed by atoms with van der Waals surface area (Å²) in [5, 5.41) is 50.7. The highest BCUT2D eigenvalue weighted by atomic mass is 16.7. The molecule has 0 bridgehead atoms. The lowest BCUT2D eigenvalue weighted by molar-refractivity contribution is -0.342. The zero-order valence-electron chi connectivity index (χ0n) is 37.8. The molecule has 0 aromatic rings. The van der Waals surface area contributed by atoms with E-state index in [1.54, 1.807) is 6.92 Å². The Bertz CT molecular complexity index is 1590.